The highest BCUT2D eigenvalue weighted by molar-refractivity contribution is 9.09. The van der Waals surface area contributed by atoms with Gasteiger partial charge in [0, 0.05) is 17.9 Å². The van der Waals surface area contributed by atoms with Crippen molar-refractivity contribution >= 4 is 44.7 Å². The summed E-state index contributed by atoms with van der Waals surface area (Å²) in [5, 5.41) is 18.1. The average molecular weight is 562 g/mol. The van der Waals surface area contributed by atoms with E-state index >= 15 is 0 Å². The summed E-state index contributed by atoms with van der Waals surface area (Å²) in [5.74, 6) is -2.97. The third-order valence-corrected chi connectivity index (χ3v) is 8.15. The van der Waals surface area contributed by atoms with Crippen molar-refractivity contribution in [2.24, 2.45) is 11.8 Å². The van der Waals surface area contributed by atoms with Crippen LogP contribution in [0.1, 0.15) is 13.3 Å². The van der Waals surface area contributed by atoms with Crippen LogP contribution in [0.25, 0.3) is 11.0 Å². The number of rotatable bonds is 9. The van der Waals surface area contributed by atoms with E-state index in [4.69, 9.17) is 9.47 Å². The number of hydrogen-bond donors (Lipinski definition) is 1. The van der Waals surface area contributed by atoms with E-state index < -0.39 is 35.6 Å². The molecule has 1 N–H and O–H groups in total. The fourth-order valence-corrected chi connectivity index (χ4v) is 6.94. The third-order valence-electron chi connectivity index (χ3n) is 7.31. The molecular weight excluding hydrogens is 534 g/mol. The smallest absolute Gasteiger partial charge is 0.312 e. The Morgan fingerprint density at radius 1 is 1.42 bits per heavy atom. The van der Waals surface area contributed by atoms with Crippen LogP contribution >= 0.6 is 15.9 Å². The first kappa shape index (κ1) is 24.8. The van der Waals surface area contributed by atoms with Gasteiger partial charge in [-0.25, -0.2) is 4.68 Å². The summed E-state index contributed by atoms with van der Waals surface area (Å²) in [6.45, 7) is 5.54. The lowest BCUT2D eigenvalue weighted by Gasteiger charge is -2.36. The first-order valence-electron chi connectivity index (χ1n) is 12.0. The molecule has 4 heterocycles. The van der Waals surface area contributed by atoms with Gasteiger partial charge in [-0.1, -0.05) is 39.4 Å². The number of halogens is 1. The Kier molecular flexibility index (Phi) is 6.60. The molecule has 5 rings (SSSR count). The van der Waals surface area contributed by atoms with Crippen LogP contribution in [0.4, 0.5) is 0 Å². The van der Waals surface area contributed by atoms with E-state index in [0.717, 1.165) is 5.52 Å². The Morgan fingerprint density at radius 3 is 2.92 bits per heavy atom. The van der Waals surface area contributed by atoms with Crippen molar-refractivity contribution in [2.75, 3.05) is 26.3 Å². The molecule has 3 aliphatic heterocycles. The highest BCUT2D eigenvalue weighted by Gasteiger charge is 2.77. The summed E-state index contributed by atoms with van der Waals surface area (Å²) in [6.07, 6.45) is 1.38. The van der Waals surface area contributed by atoms with Crippen LogP contribution in [-0.2, 0) is 30.5 Å². The fourth-order valence-electron chi connectivity index (χ4n) is 5.99. The van der Waals surface area contributed by atoms with E-state index in [-0.39, 0.29) is 49.6 Å². The minimum absolute atomic E-state index is 0.0573. The molecular formula is C24H28BrN5O6. The number of fused-ring (bicyclic) bond motifs is 2. The molecule has 2 amide bonds. The number of aliphatic hydroxyl groups is 1. The topological polar surface area (TPSA) is 127 Å². The number of esters is 1. The van der Waals surface area contributed by atoms with Gasteiger partial charge in [0.2, 0.25) is 11.8 Å². The average Bonchev–Trinajstić information content (AvgIpc) is 3.57. The number of para-hydroxylation sites is 1. The van der Waals surface area contributed by atoms with E-state index in [0.29, 0.717) is 11.9 Å². The predicted molar refractivity (Wildman–Crippen MR) is 131 cm³/mol. The lowest BCUT2D eigenvalue weighted by atomic mass is 9.70. The van der Waals surface area contributed by atoms with Gasteiger partial charge in [-0.2, -0.15) is 0 Å². The van der Waals surface area contributed by atoms with Crippen LogP contribution < -0.4 is 0 Å². The molecule has 3 aliphatic rings. The normalized spacial score (nSPS) is 30.6. The van der Waals surface area contributed by atoms with Gasteiger partial charge in [0.1, 0.15) is 23.8 Å². The van der Waals surface area contributed by atoms with Gasteiger partial charge in [0.05, 0.1) is 36.7 Å². The number of carbonyl (C=O) groups excluding carboxylic acids is 3. The van der Waals surface area contributed by atoms with Crippen LogP contribution in [-0.4, -0.2) is 96.6 Å². The summed E-state index contributed by atoms with van der Waals surface area (Å²) >= 11 is 3.61. The molecule has 0 aliphatic carbocycles. The minimum Gasteiger partial charge on any atom is -0.466 e. The largest absolute Gasteiger partial charge is 0.466 e. The van der Waals surface area contributed by atoms with Crippen LogP contribution in [0.5, 0.6) is 0 Å². The molecule has 11 nitrogen and oxygen atoms in total. The van der Waals surface area contributed by atoms with Gasteiger partial charge in [0.25, 0.3) is 0 Å². The number of carbonyl (C=O) groups is 3. The second-order valence-corrected chi connectivity index (χ2v) is 10.4. The number of ether oxygens (including phenoxy) is 2. The van der Waals surface area contributed by atoms with E-state index in [2.05, 4.69) is 32.8 Å². The van der Waals surface area contributed by atoms with Crippen molar-refractivity contribution in [3.05, 3.63) is 36.9 Å². The van der Waals surface area contributed by atoms with Gasteiger partial charge in [0.15, 0.2) is 0 Å². The van der Waals surface area contributed by atoms with E-state index in [1.807, 2.05) is 24.3 Å². The molecule has 1 aromatic heterocycles. The van der Waals surface area contributed by atoms with Gasteiger partial charge >= 0.3 is 5.97 Å². The number of likely N-dealkylation sites (tertiary alicyclic amines) is 1. The SMILES string of the molecule is C=CCN(Cn1nnc2ccccc21)C(=O)[C@H]1N(CCO)C(=O)[C@@H]2[C@@H](C(=O)OCC)[C@@H]3O[C@@]21CC3Br. The monoisotopic (exact) mass is 561 g/mol. The number of aromatic nitrogens is 3. The van der Waals surface area contributed by atoms with Gasteiger partial charge in [-0.3, -0.25) is 14.4 Å². The van der Waals surface area contributed by atoms with Crippen molar-refractivity contribution in [3.63, 3.8) is 0 Å². The number of aliphatic hydroxyl groups excluding tert-OH is 1. The molecule has 1 aromatic carbocycles. The maximum atomic E-state index is 14.2. The quantitative estimate of drug-likeness (QED) is 0.269. The number of alkyl halides is 1. The van der Waals surface area contributed by atoms with E-state index in [9.17, 15) is 19.5 Å². The lowest BCUT2D eigenvalue weighted by molar-refractivity contribution is -0.155. The number of amides is 2. The van der Waals surface area contributed by atoms with Crippen LogP contribution in [0.2, 0.25) is 0 Å². The first-order valence-corrected chi connectivity index (χ1v) is 12.9. The van der Waals surface area contributed by atoms with Gasteiger partial charge in [-0.05, 0) is 25.5 Å². The van der Waals surface area contributed by atoms with Crippen molar-refractivity contribution in [2.45, 2.75) is 42.6 Å². The molecule has 3 saturated heterocycles. The Labute approximate surface area is 216 Å². The zero-order valence-electron chi connectivity index (χ0n) is 19.8. The van der Waals surface area contributed by atoms with Crippen molar-refractivity contribution < 1.29 is 29.0 Å². The molecule has 0 radical (unpaired) electrons. The molecule has 2 bridgehead atoms. The molecule has 192 valence electrons. The molecule has 36 heavy (non-hydrogen) atoms. The van der Waals surface area contributed by atoms with E-state index in [1.54, 1.807) is 17.7 Å². The number of benzene rings is 1. The summed E-state index contributed by atoms with van der Waals surface area (Å²) in [7, 11) is 0. The predicted octanol–water partition coefficient (Wildman–Crippen LogP) is 0.707. The molecule has 1 spiro atoms. The van der Waals surface area contributed by atoms with Crippen molar-refractivity contribution in [1.29, 1.82) is 0 Å². The number of β-amino-alcohol motifs (C(OH)–C–C–N with tert-alkyl or cyclic N) is 1. The summed E-state index contributed by atoms with van der Waals surface area (Å²) in [6, 6.07) is 6.38. The Hall–Kier alpha value is -2.83. The summed E-state index contributed by atoms with van der Waals surface area (Å²) in [4.78, 5) is 43.4. The zero-order chi connectivity index (χ0) is 25.6. The van der Waals surface area contributed by atoms with Crippen LogP contribution in [0.3, 0.4) is 0 Å². The van der Waals surface area contributed by atoms with E-state index in [1.165, 1.54) is 9.80 Å². The van der Waals surface area contributed by atoms with Crippen molar-refractivity contribution in [3.8, 4) is 0 Å². The molecule has 12 heteroatoms. The highest BCUT2D eigenvalue weighted by atomic mass is 79.9. The Balaban J connectivity index is 1.52. The maximum absolute atomic E-state index is 14.2. The summed E-state index contributed by atoms with van der Waals surface area (Å²) < 4.78 is 13.3. The van der Waals surface area contributed by atoms with Crippen molar-refractivity contribution in [1.82, 2.24) is 24.8 Å². The summed E-state index contributed by atoms with van der Waals surface area (Å²) in [5.41, 5.74) is 0.229. The third kappa shape index (κ3) is 3.65. The fraction of sp³-hybridized carbons (Fsp3) is 0.542. The standard InChI is InChI=1S/C24H28BrN5O6/c1-3-9-28(13-30-16-8-6-5-7-15(16)26-27-30)22(33)20-24-12-14(25)19(36-24)17(23(34)35-4-2)18(24)21(32)29(20)10-11-31/h3,5-8,14,17-20,31H,1,4,9-13H2,2H3/t14?,17-,18+,19-,20-,24+/m1/s1. The van der Waals surface area contributed by atoms with Crippen LogP contribution in [0, 0.1) is 11.8 Å². The Bertz CT molecular complexity index is 1200. The maximum Gasteiger partial charge on any atom is 0.312 e. The second kappa shape index (κ2) is 9.56. The van der Waals surface area contributed by atoms with Gasteiger partial charge in [-0.15, -0.1) is 11.7 Å². The Morgan fingerprint density at radius 2 is 2.19 bits per heavy atom. The first-order chi connectivity index (χ1) is 17.4. The molecule has 6 atom stereocenters. The highest BCUT2D eigenvalue weighted by Crippen LogP contribution is 2.60. The second-order valence-electron chi connectivity index (χ2n) is 9.24. The molecule has 0 saturated carbocycles. The molecule has 3 fully saturated rings. The molecule has 1 unspecified atom stereocenters. The van der Waals surface area contributed by atoms with Crippen LogP contribution in [0.15, 0.2) is 36.9 Å². The zero-order valence-corrected chi connectivity index (χ0v) is 21.4. The molecule has 2 aromatic rings. The number of nitrogens with zero attached hydrogens (tertiary/aromatic N) is 5. The lowest BCUT2D eigenvalue weighted by Crippen LogP contribution is -2.57. The number of hydrogen-bond acceptors (Lipinski definition) is 8. The van der Waals surface area contributed by atoms with Gasteiger partial charge < -0.3 is 24.4 Å². The minimum atomic E-state index is -1.22.